The number of benzene rings is 1. The van der Waals surface area contributed by atoms with E-state index in [9.17, 15) is 4.79 Å². The third-order valence-corrected chi connectivity index (χ3v) is 2.60. The third-order valence-electron chi connectivity index (χ3n) is 2.60. The highest BCUT2D eigenvalue weighted by molar-refractivity contribution is 5.75. The number of aryl methyl sites for hydroxylation is 1. The van der Waals surface area contributed by atoms with Crippen LogP contribution in [-0.2, 0) is 17.9 Å². The number of hydrogen-bond donors (Lipinski definition) is 1. The molecule has 0 unspecified atom stereocenters. The average Bonchev–Trinajstić information content (AvgIpc) is 3.11. The van der Waals surface area contributed by atoms with Gasteiger partial charge >= 0.3 is 0 Å². The molecule has 0 aliphatic rings. The van der Waals surface area contributed by atoms with Crippen molar-refractivity contribution in [3.8, 4) is 0 Å². The zero-order chi connectivity index (χ0) is 23.2. The second-order valence-corrected chi connectivity index (χ2v) is 7.03. The van der Waals surface area contributed by atoms with E-state index in [0.717, 1.165) is 11.6 Å². The summed E-state index contributed by atoms with van der Waals surface area (Å²) in [5.41, 5.74) is 2.18. The Labute approximate surface area is 180 Å². The Morgan fingerprint density at radius 3 is 1.83 bits per heavy atom. The van der Waals surface area contributed by atoms with Gasteiger partial charge in [-0.3, -0.25) is 4.79 Å². The molecule has 1 aromatic heterocycles. The lowest BCUT2D eigenvalue weighted by atomic mass is 10.2. The standard InChI is InChI=1S/C9H16N4O.C7H8.C4H10.2C2H6/c1-7(2)10-4-9-6-13(12-11-9)5-8(3)14;1-7-5-3-2-4-6-7;1-4(2)3;2*1-2/h6-7,10H,4-5H2,1-3H3;2-6H,1H3;4H,1-3H3;2*1-2H3. The lowest BCUT2D eigenvalue weighted by molar-refractivity contribution is -0.117. The molecule has 1 aromatic carbocycles. The Hall–Kier alpha value is -2.01. The molecule has 29 heavy (non-hydrogen) atoms. The molecule has 1 heterocycles. The quantitative estimate of drug-likeness (QED) is 0.654. The van der Waals surface area contributed by atoms with Crippen LogP contribution in [0.5, 0.6) is 0 Å². The van der Waals surface area contributed by atoms with Crippen LogP contribution in [0.25, 0.3) is 0 Å². The Morgan fingerprint density at radius 1 is 1.00 bits per heavy atom. The Balaban J connectivity index is -0.000000376. The molecule has 5 nitrogen and oxygen atoms in total. The minimum Gasteiger partial charge on any atom is -0.309 e. The first-order chi connectivity index (χ1) is 13.7. The van der Waals surface area contributed by atoms with E-state index in [-0.39, 0.29) is 5.78 Å². The SMILES string of the molecule is CC.CC.CC(=O)Cn1cc(CNC(C)C)nn1.CC(C)C.Cc1ccccc1. The Bertz CT molecular complexity index is 575. The van der Waals surface area contributed by atoms with Crippen molar-refractivity contribution in [3.05, 3.63) is 47.8 Å². The number of ketones is 1. The van der Waals surface area contributed by atoms with Gasteiger partial charge in [-0.15, -0.1) is 5.10 Å². The van der Waals surface area contributed by atoms with Crippen LogP contribution < -0.4 is 5.32 Å². The van der Waals surface area contributed by atoms with Crippen molar-refractivity contribution in [1.29, 1.82) is 0 Å². The first-order valence-electron chi connectivity index (χ1n) is 10.8. The summed E-state index contributed by atoms with van der Waals surface area (Å²) in [6.07, 6.45) is 1.79. The van der Waals surface area contributed by atoms with Crippen molar-refractivity contribution in [3.63, 3.8) is 0 Å². The van der Waals surface area contributed by atoms with Gasteiger partial charge in [-0.2, -0.15) is 0 Å². The summed E-state index contributed by atoms with van der Waals surface area (Å²) in [5.74, 6) is 0.915. The molecule has 0 amide bonds. The molecule has 0 saturated carbocycles. The van der Waals surface area contributed by atoms with Crippen LogP contribution >= 0.6 is 0 Å². The summed E-state index contributed by atoms with van der Waals surface area (Å²) < 4.78 is 1.56. The highest BCUT2D eigenvalue weighted by Crippen LogP contribution is 1.94. The molecule has 0 atom stereocenters. The summed E-state index contributed by atoms with van der Waals surface area (Å²) in [4.78, 5) is 10.8. The van der Waals surface area contributed by atoms with Gasteiger partial charge in [0.2, 0.25) is 0 Å². The summed E-state index contributed by atoms with van der Waals surface area (Å²) in [6.45, 7) is 23.2. The van der Waals surface area contributed by atoms with Gasteiger partial charge in [0.1, 0.15) is 6.54 Å². The van der Waals surface area contributed by atoms with Gasteiger partial charge in [-0.25, -0.2) is 4.68 Å². The van der Waals surface area contributed by atoms with Crippen LogP contribution in [-0.4, -0.2) is 26.8 Å². The fraction of sp³-hybridized carbons (Fsp3) is 0.625. The highest BCUT2D eigenvalue weighted by atomic mass is 16.1. The van der Waals surface area contributed by atoms with E-state index in [2.05, 4.69) is 69.3 Å². The maximum Gasteiger partial charge on any atom is 0.151 e. The summed E-state index contributed by atoms with van der Waals surface area (Å²) in [6, 6.07) is 10.7. The molecule has 5 heteroatoms. The van der Waals surface area contributed by atoms with E-state index >= 15 is 0 Å². The zero-order valence-corrected chi connectivity index (χ0v) is 20.8. The predicted octanol–water partition coefficient (Wildman–Crippen LogP) is 6.07. The highest BCUT2D eigenvalue weighted by Gasteiger charge is 2.02. The smallest absolute Gasteiger partial charge is 0.151 e. The van der Waals surface area contributed by atoms with Crippen molar-refractivity contribution in [1.82, 2.24) is 20.3 Å². The number of carbonyl (C=O) groups excluding carboxylic acids is 1. The minimum absolute atomic E-state index is 0.0817. The molecule has 0 aliphatic heterocycles. The number of aromatic nitrogens is 3. The third kappa shape index (κ3) is 26.0. The van der Waals surface area contributed by atoms with Crippen molar-refractivity contribution in [2.24, 2.45) is 5.92 Å². The number of carbonyl (C=O) groups is 1. The number of hydrogen-bond acceptors (Lipinski definition) is 4. The van der Waals surface area contributed by atoms with E-state index in [4.69, 9.17) is 0 Å². The van der Waals surface area contributed by atoms with Crippen LogP contribution in [0.15, 0.2) is 36.5 Å². The van der Waals surface area contributed by atoms with E-state index in [1.807, 2.05) is 45.9 Å². The van der Waals surface area contributed by atoms with E-state index in [1.165, 1.54) is 12.5 Å². The molecule has 0 aliphatic carbocycles. The maximum atomic E-state index is 10.8. The van der Waals surface area contributed by atoms with Gasteiger partial charge in [0, 0.05) is 12.6 Å². The monoisotopic (exact) mass is 406 g/mol. The number of rotatable bonds is 5. The molecule has 0 fully saturated rings. The fourth-order valence-corrected chi connectivity index (χ4v) is 1.57. The van der Waals surface area contributed by atoms with Gasteiger partial charge in [-0.05, 0) is 19.8 Å². The van der Waals surface area contributed by atoms with Gasteiger partial charge in [-0.1, -0.05) is 103 Å². The van der Waals surface area contributed by atoms with Crippen molar-refractivity contribution < 1.29 is 4.79 Å². The molecular weight excluding hydrogens is 360 g/mol. The predicted molar refractivity (Wildman–Crippen MR) is 127 cm³/mol. The van der Waals surface area contributed by atoms with Crippen molar-refractivity contribution in [2.75, 3.05) is 0 Å². The lowest BCUT2D eigenvalue weighted by Gasteiger charge is -2.03. The molecule has 0 radical (unpaired) electrons. The van der Waals surface area contributed by atoms with Crippen molar-refractivity contribution in [2.45, 2.75) is 95.3 Å². The van der Waals surface area contributed by atoms with Gasteiger partial charge in [0.15, 0.2) is 5.78 Å². The molecule has 0 saturated heterocycles. The summed E-state index contributed by atoms with van der Waals surface area (Å²) in [5, 5.41) is 11.0. The maximum absolute atomic E-state index is 10.8. The van der Waals surface area contributed by atoms with Crippen LogP contribution in [0.4, 0.5) is 0 Å². The Morgan fingerprint density at radius 2 is 1.48 bits per heavy atom. The number of nitrogens with one attached hydrogen (secondary N) is 1. The van der Waals surface area contributed by atoms with Crippen LogP contribution in [0.3, 0.4) is 0 Å². The van der Waals surface area contributed by atoms with Gasteiger partial charge < -0.3 is 5.32 Å². The first-order valence-corrected chi connectivity index (χ1v) is 10.8. The average molecular weight is 407 g/mol. The van der Waals surface area contributed by atoms with Gasteiger partial charge in [0.25, 0.3) is 0 Å². The first kappa shape index (κ1) is 31.7. The topological polar surface area (TPSA) is 59.8 Å². The second kappa shape index (κ2) is 22.3. The molecule has 168 valence electrons. The molecule has 1 N–H and O–H groups in total. The minimum atomic E-state index is 0.0817. The van der Waals surface area contributed by atoms with Crippen LogP contribution in [0.2, 0.25) is 0 Å². The molecule has 2 rings (SSSR count). The van der Waals surface area contributed by atoms with E-state index in [1.54, 1.807) is 10.9 Å². The number of nitrogens with zero attached hydrogens (tertiary/aromatic N) is 3. The number of Topliss-reactive ketones (excluding diaryl/α,β-unsaturated/α-hetero) is 1. The molecular formula is C24H46N4O. The van der Waals surface area contributed by atoms with Crippen LogP contribution in [0, 0.1) is 12.8 Å². The van der Waals surface area contributed by atoms with Crippen LogP contribution in [0.1, 0.15) is 80.5 Å². The largest absolute Gasteiger partial charge is 0.309 e. The van der Waals surface area contributed by atoms with Crippen molar-refractivity contribution >= 4 is 5.78 Å². The van der Waals surface area contributed by atoms with E-state index in [0.29, 0.717) is 19.1 Å². The van der Waals surface area contributed by atoms with Gasteiger partial charge in [0.05, 0.1) is 11.9 Å². The molecule has 2 aromatic rings. The normalized spacial score (nSPS) is 9.00. The summed E-state index contributed by atoms with van der Waals surface area (Å²) >= 11 is 0. The zero-order valence-electron chi connectivity index (χ0n) is 20.8. The second-order valence-electron chi connectivity index (χ2n) is 7.03. The molecule has 0 spiro atoms. The fourth-order valence-electron chi connectivity index (χ4n) is 1.57. The lowest BCUT2D eigenvalue weighted by Crippen LogP contribution is -2.21. The summed E-state index contributed by atoms with van der Waals surface area (Å²) in [7, 11) is 0. The van der Waals surface area contributed by atoms with E-state index < -0.39 is 0 Å². The molecule has 0 bridgehead atoms. The Kier molecular flexibility index (Phi) is 24.3.